The van der Waals surface area contributed by atoms with Crippen LogP contribution in [-0.2, 0) is 15.4 Å². The standard InChI is InChI=1S/C35H40ClN5O3S/c1-24-38-32-9-5-6-10-33(32)41(24)28-21-26-11-12-27(22-28)40(26)20-17-35(25-7-3-2-4-8-25)15-18-39(19-16-35)34(42)30-14-13-29(23-31(30)36)45(37,43)44/h2-10,13-14,23,26-28H,11-12,15-22H2,1H3,(H2,37,43,44)/t26-,27+,28?. The smallest absolute Gasteiger partial charge is 0.255 e. The van der Waals surface area contributed by atoms with Crippen LogP contribution in [0.2, 0.25) is 5.02 Å². The number of sulfonamides is 1. The van der Waals surface area contributed by atoms with Crippen LogP contribution in [0.1, 0.15) is 72.7 Å². The molecule has 3 fully saturated rings. The van der Waals surface area contributed by atoms with Gasteiger partial charge in [-0.05, 0) is 99.7 Å². The molecule has 0 spiro atoms. The van der Waals surface area contributed by atoms with E-state index >= 15 is 0 Å². The second kappa shape index (κ2) is 11.8. The van der Waals surface area contributed by atoms with Gasteiger partial charge in [0.05, 0.1) is 26.5 Å². The lowest BCUT2D eigenvalue weighted by atomic mass is 9.70. The van der Waals surface area contributed by atoms with Crippen molar-refractivity contribution in [3.05, 3.63) is 94.8 Å². The third-order valence-corrected chi connectivity index (χ3v) is 12.0. The number of nitrogens with zero attached hydrogens (tertiary/aromatic N) is 4. The molecule has 7 rings (SSSR count). The van der Waals surface area contributed by atoms with Gasteiger partial charge in [-0.15, -0.1) is 0 Å². The molecule has 8 nitrogen and oxygen atoms in total. The van der Waals surface area contributed by atoms with Crippen molar-refractivity contribution in [1.29, 1.82) is 0 Å². The van der Waals surface area contributed by atoms with E-state index < -0.39 is 10.0 Å². The summed E-state index contributed by atoms with van der Waals surface area (Å²) < 4.78 is 26.0. The second-order valence-corrected chi connectivity index (χ2v) is 15.1. The molecule has 3 aliphatic rings. The van der Waals surface area contributed by atoms with Gasteiger partial charge in [-0.2, -0.15) is 0 Å². The van der Waals surface area contributed by atoms with Crippen molar-refractivity contribution in [2.75, 3.05) is 19.6 Å². The summed E-state index contributed by atoms with van der Waals surface area (Å²) in [4.78, 5) is 22.9. The zero-order chi connectivity index (χ0) is 31.3. The largest absolute Gasteiger partial charge is 0.339 e. The number of benzene rings is 3. The highest BCUT2D eigenvalue weighted by Crippen LogP contribution is 2.45. The Morgan fingerprint density at radius 1 is 0.956 bits per heavy atom. The first kappa shape index (κ1) is 30.4. The number of carbonyl (C=O) groups is 1. The first-order chi connectivity index (χ1) is 21.6. The van der Waals surface area contributed by atoms with Crippen LogP contribution in [0.3, 0.4) is 0 Å². The van der Waals surface area contributed by atoms with Gasteiger partial charge in [-0.3, -0.25) is 9.69 Å². The molecule has 2 bridgehead atoms. The minimum Gasteiger partial charge on any atom is -0.339 e. The average Bonchev–Trinajstić information content (AvgIpc) is 3.50. The van der Waals surface area contributed by atoms with E-state index in [2.05, 4.69) is 71.0 Å². The summed E-state index contributed by atoms with van der Waals surface area (Å²) in [5.74, 6) is 0.935. The topological polar surface area (TPSA) is 102 Å². The molecule has 2 N–H and O–H groups in total. The van der Waals surface area contributed by atoms with Crippen LogP contribution in [0.25, 0.3) is 11.0 Å². The number of imidazole rings is 1. The van der Waals surface area contributed by atoms with Gasteiger partial charge in [-0.1, -0.05) is 54.1 Å². The lowest BCUT2D eigenvalue weighted by Crippen LogP contribution is -2.49. The maximum absolute atomic E-state index is 13.5. The molecule has 1 unspecified atom stereocenters. The Labute approximate surface area is 270 Å². The maximum Gasteiger partial charge on any atom is 0.255 e. The Bertz CT molecular complexity index is 1820. The fraction of sp³-hybridized carbons (Fsp3) is 0.429. The van der Waals surface area contributed by atoms with Crippen LogP contribution in [0.5, 0.6) is 0 Å². The minimum absolute atomic E-state index is 0.0211. The number of primary sulfonamides is 1. The number of rotatable bonds is 7. The number of aryl methyl sites for hydroxylation is 1. The summed E-state index contributed by atoms with van der Waals surface area (Å²) >= 11 is 6.37. The fourth-order valence-corrected chi connectivity index (χ4v) is 9.29. The van der Waals surface area contributed by atoms with Crippen molar-refractivity contribution in [3.8, 4) is 0 Å². The highest BCUT2D eigenvalue weighted by Gasteiger charge is 2.44. The Kier molecular flexibility index (Phi) is 8.01. The van der Waals surface area contributed by atoms with E-state index in [9.17, 15) is 13.2 Å². The van der Waals surface area contributed by atoms with E-state index in [4.69, 9.17) is 21.7 Å². The number of hydrogen-bond donors (Lipinski definition) is 1. The molecule has 3 saturated heterocycles. The number of para-hydroxylation sites is 2. The summed E-state index contributed by atoms with van der Waals surface area (Å²) in [7, 11) is -3.90. The van der Waals surface area contributed by atoms with E-state index in [0.29, 0.717) is 36.8 Å². The molecule has 3 aliphatic heterocycles. The Balaban J connectivity index is 1.06. The molecule has 4 aromatic rings. The zero-order valence-electron chi connectivity index (χ0n) is 25.6. The van der Waals surface area contributed by atoms with E-state index in [1.54, 1.807) is 0 Å². The van der Waals surface area contributed by atoms with Gasteiger partial charge in [0, 0.05) is 31.2 Å². The van der Waals surface area contributed by atoms with Gasteiger partial charge < -0.3 is 9.47 Å². The van der Waals surface area contributed by atoms with Crippen molar-refractivity contribution in [2.24, 2.45) is 5.14 Å². The summed E-state index contributed by atoms with van der Waals surface area (Å²) in [6, 6.07) is 25.0. The van der Waals surface area contributed by atoms with Crippen LogP contribution in [0.15, 0.2) is 77.7 Å². The molecule has 3 aromatic carbocycles. The molecule has 0 saturated carbocycles. The van der Waals surface area contributed by atoms with Crippen LogP contribution in [-0.4, -0.2) is 65.4 Å². The Hall–Kier alpha value is -3.24. The molecule has 0 aliphatic carbocycles. The highest BCUT2D eigenvalue weighted by molar-refractivity contribution is 7.89. The van der Waals surface area contributed by atoms with Gasteiger partial charge in [0.25, 0.3) is 5.91 Å². The van der Waals surface area contributed by atoms with Gasteiger partial charge in [-0.25, -0.2) is 18.5 Å². The summed E-state index contributed by atoms with van der Waals surface area (Å²) in [5.41, 5.74) is 3.96. The Morgan fingerprint density at radius 2 is 1.62 bits per heavy atom. The monoisotopic (exact) mass is 645 g/mol. The summed E-state index contributed by atoms with van der Waals surface area (Å²) in [6.45, 7) is 4.42. The first-order valence-corrected chi connectivity index (χ1v) is 17.9. The van der Waals surface area contributed by atoms with Crippen LogP contribution in [0, 0.1) is 6.92 Å². The maximum atomic E-state index is 13.5. The predicted octanol–water partition coefficient (Wildman–Crippen LogP) is 6.08. The van der Waals surface area contributed by atoms with Crippen molar-refractivity contribution in [2.45, 2.75) is 80.3 Å². The second-order valence-electron chi connectivity index (χ2n) is 13.1. The number of fused-ring (bicyclic) bond motifs is 3. The highest BCUT2D eigenvalue weighted by atomic mass is 35.5. The number of piperidine rings is 2. The lowest BCUT2D eigenvalue weighted by molar-refractivity contribution is 0.0607. The SMILES string of the molecule is Cc1nc2ccccc2n1C1C[C@H]2CC[C@@H](C1)N2CCC1(c2ccccc2)CCN(C(=O)c2ccc(S(N)(=O)=O)cc2Cl)CC1. The Morgan fingerprint density at radius 3 is 2.29 bits per heavy atom. The quantitative estimate of drug-likeness (QED) is 0.263. The number of hydrogen-bond acceptors (Lipinski definition) is 5. The average molecular weight is 646 g/mol. The number of carbonyl (C=O) groups excluding carboxylic acids is 1. The molecule has 0 radical (unpaired) electrons. The van der Waals surface area contributed by atoms with E-state index in [0.717, 1.165) is 50.0 Å². The van der Waals surface area contributed by atoms with Crippen molar-refractivity contribution in [1.82, 2.24) is 19.4 Å². The summed E-state index contributed by atoms with van der Waals surface area (Å²) in [5, 5.41) is 5.35. The molecule has 3 atom stereocenters. The molecule has 1 amide bonds. The summed E-state index contributed by atoms with van der Waals surface area (Å²) in [6.07, 6.45) is 7.58. The molecule has 45 heavy (non-hydrogen) atoms. The number of aromatic nitrogens is 2. The number of likely N-dealkylation sites (tertiary alicyclic amines) is 1. The van der Waals surface area contributed by atoms with Gasteiger partial charge in [0.15, 0.2) is 0 Å². The van der Waals surface area contributed by atoms with Gasteiger partial charge in [0.2, 0.25) is 10.0 Å². The van der Waals surface area contributed by atoms with E-state index in [1.807, 2.05) is 4.90 Å². The van der Waals surface area contributed by atoms with E-state index in [1.165, 1.54) is 42.1 Å². The van der Waals surface area contributed by atoms with Crippen molar-refractivity contribution >= 4 is 38.6 Å². The zero-order valence-corrected chi connectivity index (χ0v) is 27.2. The van der Waals surface area contributed by atoms with Gasteiger partial charge >= 0.3 is 0 Å². The number of amides is 1. The third kappa shape index (κ3) is 5.69. The molecule has 1 aromatic heterocycles. The minimum atomic E-state index is -3.90. The van der Waals surface area contributed by atoms with Crippen molar-refractivity contribution < 1.29 is 13.2 Å². The molecule has 10 heteroatoms. The fourth-order valence-electron chi connectivity index (χ4n) is 8.42. The first-order valence-electron chi connectivity index (χ1n) is 16.0. The van der Waals surface area contributed by atoms with Crippen LogP contribution >= 0.6 is 11.6 Å². The number of halogens is 1. The molecule has 4 heterocycles. The molecular weight excluding hydrogens is 606 g/mol. The third-order valence-electron chi connectivity index (χ3n) is 10.7. The molecular formula is C35H40ClN5O3S. The predicted molar refractivity (Wildman–Crippen MR) is 177 cm³/mol. The van der Waals surface area contributed by atoms with Gasteiger partial charge in [0.1, 0.15) is 5.82 Å². The van der Waals surface area contributed by atoms with Crippen LogP contribution < -0.4 is 5.14 Å². The number of nitrogens with two attached hydrogens (primary N) is 1. The lowest BCUT2D eigenvalue weighted by Gasteiger charge is -2.45. The molecule has 236 valence electrons. The normalized spacial score (nSPS) is 23.4. The van der Waals surface area contributed by atoms with Crippen LogP contribution in [0.4, 0.5) is 0 Å². The van der Waals surface area contributed by atoms with Crippen molar-refractivity contribution in [3.63, 3.8) is 0 Å². The van der Waals surface area contributed by atoms with E-state index in [-0.39, 0.29) is 21.2 Å².